The fraction of sp³-hybridized carbons (Fsp3) is 0.632. The number of carbonyl (C=O) groups excluding carboxylic acids is 1. The summed E-state index contributed by atoms with van der Waals surface area (Å²) in [6.07, 6.45) is 3.80. The summed E-state index contributed by atoms with van der Waals surface area (Å²) >= 11 is 0. The molecule has 2 saturated heterocycles. The summed E-state index contributed by atoms with van der Waals surface area (Å²) in [5.74, 6) is 0.664. The predicted molar refractivity (Wildman–Crippen MR) is 94.7 cm³/mol. The number of nitrogens with one attached hydrogen (secondary N) is 1. The van der Waals surface area contributed by atoms with Gasteiger partial charge in [0.25, 0.3) is 0 Å². The first kappa shape index (κ1) is 17.4. The second kappa shape index (κ2) is 8.60. The summed E-state index contributed by atoms with van der Waals surface area (Å²) < 4.78 is 5.45. The SMILES string of the molecule is NC(Cc1ccccc1)C(=O)NC1CCN(CC2CCOC2)CC1. The van der Waals surface area contributed by atoms with Crippen LogP contribution in [-0.2, 0) is 16.0 Å². The molecule has 1 aromatic rings. The van der Waals surface area contributed by atoms with E-state index in [-0.39, 0.29) is 11.9 Å². The first-order valence-corrected chi connectivity index (χ1v) is 9.10. The smallest absolute Gasteiger partial charge is 0.237 e. The number of benzene rings is 1. The van der Waals surface area contributed by atoms with Crippen LogP contribution in [0, 0.1) is 5.92 Å². The Morgan fingerprint density at radius 1 is 1.25 bits per heavy atom. The van der Waals surface area contributed by atoms with Crippen molar-refractivity contribution >= 4 is 5.91 Å². The van der Waals surface area contributed by atoms with Gasteiger partial charge in [0, 0.05) is 32.3 Å². The van der Waals surface area contributed by atoms with E-state index in [4.69, 9.17) is 10.5 Å². The summed E-state index contributed by atoms with van der Waals surface area (Å²) in [5.41, 5.74) is 7.17. The molecule has 2 fully saturated rings. The van der Waals surface area contributed by atoms with Crippen LogP contribution in [-0.4, -0.2) is 55.7 Å². The maximum absolute atomic E-state index is 12.3. The van der Waals surface area contributed by atoms with Crippen molar-refractivity contribution in [3.63, 3.8) is 0 Å². The molecular formula is C19H29N3O2. The van der Waals surface area contributed by atoms with E-state index in [1.807, 2.05) is 30.3 Å². The highest BCUT2D eigenvalue weighted by atomic mass is 16.5. The first-order valence-electron chi connectivity index (χ1n) is 9.10. The molecule has 0 spiro atoms. The van der Waals surface area contributed by atoms with Gasteiger partial charge in [-0.15, -0.1) is 0 Å². The van der Waals surface area contributed by atoms with Crippen LogP contribution in [0.25, 0.3) is 0 Å². The molecule has 2 aliphatic heterocycles. The number of hydrogen-bond donors (Lipinski definition) is 2. The zero-order chi connectivity index (χ0) is 16.8. The highest BCUT2D eigenvalue weighted by Crippen LogP contribution is 2.17. The molecule has 0 saturated carbocycles. The van der Waals surface area contributed by atoms with Crippen molar-refractivity contribution < 1.29 is 9.53 Å². The number of amides is 1. The van der Waals surface area contributed by atoms with Gasteiger partial charge in [-0.2, -0.15) is 0 Å². The van der Waals surface area contributed by atoms with E-state index in [0.29, 0.717) is 12.3 Å². The maximum Gasteiger partial charge on any atom is 0.237 e. The molecule has 5 heteroatoms. The van der Waals surface area contributed by atoms with Crippen LogP contribution in [0.15, 0.2) is 30.3 Å². The van der Waals surface area contributed by atoms with Crippen LogP contribution in [0.5, 0.6) is 0 Å². The Balaban J connectivity index is 1.38. The summed E-state index contributed by atoms with van der Waals surface area (Å²) in [5, 5.41) is 3.14. The van der Waals surface area contributed by atoms with E-state index < -0.39 is 6.04 Å². The van der Waals surface area contributed by atoms with Crippen molar-refractivity contribution in [2.24, 2.45) is 11.7 Å². The lowest BCUT2D eigenvalue weighted by Gasteiger charge is -2.34. The second-order valence-corrected chi connectivity index (χ2v) is 7.11. The Labute approximate surface area is 144 Å². The van der Waals surface area contributed by atoms with E-state index in [1.165, 1.54) is 6.42 Å². The third kappa shape index (κ3) is 5.03. The lowest BCUT2D eigenvalue weighted by atomic mass is 10.0. The molecule has 3 rings (SSSR count). The molecule has 0 bridgehead atoms. The average molecular weight is 331 g/mol. The Morgan fingerprint density at radius 3 is 2.67 bits per heavy atom. The lowest BCUT2D eigenvalue weighted by Crippen LogP contribution is -2.50. The van der Waals surface area contributed by atoms with Crippen molar-refractivity contribution in [3.05, 3.63) is 35.9 Å². The van der Waals surface area contributed by atoms with Gasteiger partial charge in [-0.25, -0.2) is 0 Å². The van der Waals surface area contributed by atoms with E-state index >= 15 is 0 Å². The van der Waals surface area contributed by atoms with Crippen LogP contribution in [0.2, 0.25) is 0 Å². The molecule has 1 aromatic carbocycles. The van der Waals surface area contributed by atoms with Crippen molar-refractivity contribution in [2.75, 3.05) is 32.8 Å². The number of hydrogen-bond acceptors (Lipinski definition) is 4. The number of ether oxygens (including phenoxy) is 1. The number of piperidine rings is 1. The summed E-state index contributed by atoms with van der Waals surface area (Å²) in [6.45, 7) is 5.06. The molecule has 3 N–H and O–H groups in total. The largest absolute Gasteiger partial charge is 0.381 e. The van der Waals surface area contributed by atoms with Crippen molar-refractivity contribution in [3.8, 4) is 0 Å². The minimum absolute atomic E-state index is 0.0264. The van der Waals surface area contributed by atoms with Crippen LogP contribution < -0.4 is 11.1 Å². The van der Waals surface area contributed by atoms with Gasteiger partial charge >= 0.3 is 0 Å². The molecule has 5 nitrogen and oxygen atoms in total. The number of rotatable bonds is 6. The van der Waals surface area contributed by atoms with E-state index in [2.05, 4.69) is 10.2 Å². The number of likely N-dealkylation sites (tertiary alicyclic amines) is 1. The Hall–Kier alpha value is -1.43. The second-order valence-electron chi connectivity index (χ2n) is 7.11. The molecule has 24 heavy (non-hydrogen) atoms. The molecule has 2 aliphatic rings. The monoisotopic (exact) mass is 331 g/mol. The van der Waals surface area contributed by atoms with Crippen LogP contribution >= 0.6 is 0 Å². The maximum atomic E-state index is 12.3. The minimum atomic E-state index is -0.471. The normalized spacial score (nSPS) is 24.0. The van der Waals surface area contributed by atoms with Crippen molar-refractivity contribution in [1.29, 1.82) is 0 Å². The molecule has 132 valence electrons. The first-order chi connectivity index (χ1) is 11.7. The highest BCUT2D eigenvalue weighted by Gasteiger charge is 2.25. The molecule has 2 heterocycles. The number of nitrogens with zero attached hydrogens (tertiary/aromatic N) is 1. The quantitative estimate of drug-likeness (QED) is 0.821. The lowest BCUT2D eigenvalue weighted by molar-refractivity contribution is -0.123. The molecule has 0 aromatic heterocycles. The van der Waals surface area contributed by atoms with E-state index in [1.54, 1.807) is 0 Å². The minimum Gasteiger partial charge on any atom is -0.381 e. The summed E-state index contributed by atoms with van der Waals surface area (Å²) in [4.78, 5) is 14.8. The van der Waals surface area contributed by atoms with Gasteiger partial charge in [-0.3, -0.25) is 4.79 Å². The third-order valence-corrected chi connectivity index (χ3v) is 5.11. The van der Waals surface area contributed by atoms with Gasteiger partial charge in [0.15, 0.2) is 0 Å². The molecule has 0 aliphatic carbocycles. The predicted octanol–water partition coefficient (Wildman–Crippen LogP) is 1.17. The Bertz CT molecular complexity index is 509. The fourth-order valence-electron chi connectivity index (χ4n) is 3.62. The van der Waals surface area contributed by atoms with Gasteiger partial charge in [0.05, 0.1) is 12.6 Å². The third-order valence-electron chi connectivity index (χ3n) is 5.11. The van der Waals surface area contributed by atoms with Gasteiger partial charge in [-0.05, 0) is 37.2 Å². The number of carbonyl (C=O) groups is 1. The van der Waals surface area contributed by atoms with Gasteiger partial charge in [0.2, 0.25) is 5.91 Å². The van der Waals surface area contributed by atoms with E-state index in [9.17, 15) is 4.79 Å². The molecule has 2 unspecified atom stereocenters. The Morgan fingerprint density at radius 2 is 2.00 bits per heavy atom. The summed E-state index contributed by atoms with van der Waals surface area (Å²) in [6, 6.07) is 9.74. The molecule has 0 radical (unpaired) electrons. The van der Waals surface area contributed by atoms with Gasteiger partial charge < -0.3 is 20.7 Å². The zero-order valence-corrected chi connectivity index (χ0v) is 14.3. The fourth-order valence-corrected chi connectivity index (χ4v) is 3.62. The van der Waals surface area contributed by atoms with Gasteiger partial charge in [0.1, 0.15) is 0 Å². The summed E-state index contributed by atoms with van der Waals surface area (Å²) in [7, 11) is 0. The molecule has 1 amide bonds. The number of nitrogens with two attached hydrogens (primary N) is 1. The topological polar surface area (TPSA) is 67.6 Å². The molecule has 2 atom stereocenters. The van der Waals surface area contributed by atoms with Gasteiger partial charge in [-0.1, -0.05) is 30.3 Å². The van der Waals surface area contributed by atoms with Crippen molar-refractivity contribution in [2.45, 2.75) is 37.8 Å². The average Bonchev–Trinajstić information content (AvgIpc) is 3.10. The molecular weight excluding hydrogens is 302 g/mol. The highest BCUT2D eigenvalue weighted by molar-refractivity contribution is 5.82. The van der Waals surface area contributed by atoms with Crippen LogP contribution in [0.4, 0.5) is 0 Å². The van der Waals surface area contributed by atoms with Crippen molar-refractivity contribution in [1.82, 2.24) is 10.2 Å². The van der Waals surface area contributed by atoms with E-state index in [0.717, 1.165) is 51.3 Å². The van der Waals surface area contributed by atoms with Crippen LogP contribution in [0.1, 0.15) is 24.8 Å². The standard InChI is InChI=1S/C19H29N3O2/c20-18(12-15-4-2-1-3-5-15)19(23)21-17-6-9-22(10-7-17)13-16-8-11-24-14-16/h1-5,16-18H,6-14,20H2,(H,21,23). The van der Waals surface area contributed by atoms with Crippen LogP contribution in [0.3, 0.4) is 0 Å². The Kier molecular flexibility index (Phi) is 6.24. The zero-order valence-electron chi connectivity index (χ0n) is 14.3.